The van der Waals surface area contributed by atoms with Gasteiger partial charge in [-0.15, -0.1) is 0 Å². The number of aryl methyl sites for hydroxylation is 2. The third kappa shape index (κ3) is 7.91. The van der Waals surface area contributed by atoms with Crippen LogP contribution in [0.25, 0.3) is 0 Å². The van der Waals surface area contributed by atoms with Gasteiger partial charge in [0.05, 0.1) is 18.4 Å². The number of hydrogen-bond acceptors (Lipinski definition) is 5. The van der Waals surface area contributed by atoms with E-state index in [1.807, 2.05) is 64.1 Å². The van der Waals surface area contributed by atoms with Crippen molar-refractivity contribution in [2.75, 3.05) is 13.7 Å². The topological polar surface area (TPSA) is 49.3 Å². The summed E-state index contributed by atoms with van der Waals surface area (Å²) in [5, 5.41) is 3.98. The summed E-state index contributed by atoms with van der Waals surface area (Å²) in [7, 11) is 1.56. The fourth-order valence-electron chi connectivity index (χ4n) is 4.02. The summed E-state index contributed by atoms with van der Waals surface area (Å²) in [6.07, 6.45) is 7.29. The molecule has 2 aromatic carbocycles. The third-order valence-corrected chi connectivity index (χ3v) is 5.74. The summed E-state index contributed by atoms with van der Waals surface area (Å²) in [4.78, 5) is 4.85. The fourth-order valence-corrected chi connectivity index (χ4v) is 4.02. The van der Waals surface area contributed by atoms with Crippen molar-refractivity contribution in [1.82, 2.24) is 0 Å². The molecule has 1 aliphatic carbocycles. The normalized spacial score (nSPS) is 17.9. The van der Waals surface area contributed by atoms with Gasteiger partial charge < -0.3 is 19.0 Å². The number of oxime groups is 1. The van der Waals surface area contributed by atoms with Gasteiger partial charge in [-0.1, -0.05) is 55.4 Å². The van der Waals surface area contributed by atoms with Crippen LogP contribution in [0.5, 0.6) is 11.5 Å². The minimum atomic E-state index is 0.0672. The average molecular weight is 468 g/mol. The summed E-state index contributed by atoms with van der Waals surface area (Å²) in [6.45, 7) is 13.2. The second kappa shape index (κ2) is 14.5. The molecular formula is C29H41NO4. The van der Waals surface area contributed by atoms with Crippen LogP contribution in [0.15, 0.2) is 53.7 Å². The smallest absolute Gasteiger partial charge is 0.125 e. The van der Waals surface area contributed by atoms with Crippen LogP contribution in [0, 0.1) is 13.8 Å². The minimum absolute atomic E-state index is 0.0672. The Morgan fingerprint density at radius 1 is 1.03 bits per heavy atom. The van der Waals surface area contributed by atoms with E-state index in [2.05, 4.69) is 31.1 Å². The van der Waals surface area contributed by atoms with Crippen molar-refractivity contribution >= 4 is 5.71 Å². The maximum Gasteiger partial charge on any atom is 0.125 e. The lowest BCUT2D eigenvalue weighted by atomic mass is 10.1. The van der Waals surface area contributed by atoms with Crippen LogP contribution in [0.1, 0.15) is 69.2 Å². The Labute approximate surface area is 205 Å². The SMILES string of the molecule is C/C=C/COc1cc(C)c(OC2CCCC2OCc2ccc(/C(C)=N\OC)cc2)c(C)c1.CC. The molecule has 5 heteroatoms. The number of allylic oxidation sites excluding steroid dienone is 1. The maximum absolute atomic E-state index is 6.47. The highest BCUT2D eigenvalue weighted by atomic mass is 16.6. The molecule has 2 unspecified atom stereocenters. The Morgan fingerprint density at radius 2 is 1.68 bits per heavy atom. The molecule has 1 aliphatic rings. The molecular weight excluding hydrogens is 426 g/mol. The summed E-state index contributed by atoms with van der Waals surface area (Å²) in [5.74, 6) is 1.82. The summed E-state index contributed by atoms with van der Waals surface area (Å²) in [5.41, 5.74) is 5.22. The van der Waals surface area contributed by atoms with Gasteiger partial charge in [-0.2, -0.15) is 0 Å². The van der Waals surface area contributed by atoms with Crippen molar-refractivity contribution in [3.05, 3.63) is 70.8 Å². The highest BCUT2D eigenvalue weighted by Gasteiger charge is 2.30. The summed E-state index contributed by atoms with van der Waals surface area (Å²) < 4.78 is 18.5. The minimum Gasteiger partial charge on any atom is -0.490 e. The largest absolute Gasteiger partial charge is 0.490 e. The number of rotatable bonds is 10. The van der Waals surface area contributed by atoms with E-state index in [-0.39, 0.29) is 12.2 Å². The highest BCUT2D eigenvalue weighted by molar-refractivity contribution is 5.98. The molecule has 3 rings (SSSR count). The molecule has 0 radical (unpaired) electrons. The van der Waals surface area contributed by atoms with Crippen LogP contribution in [-0.2, 0) is 16.2 Å². The molecule has 0 heterocycles. The van der Waals surface area contributed by atoms with E-state index < -0.39 is 0 Å². The number of hydrogen-bond donors (Lipinski definition) is 0. The van der Waals surface area contributed by atoms with E-state index in [1.54, 1.807) is 7.11 Å². The van der Waals surface area contributed by atoms with Crippen LogP contribution < -0.4 is 9.47 Å². The molecule has 186 valence electrons. The van der Waals surface area contributed by atoms with Gasteiger partial charge in [0, 0.05) is 0 Å². The van der Waals surface area contributed by atoms with Gasteiger partial charge in [0.1, 0.15) is 31.3 Å². The molecule has 1 saturated carbocycles. The maximum atomic E-state index is 6.47. The first-order valence-corrected chi connectivity index (χ1v) is 12.3. The lowest BCUT2D eigenvalue weighted by Gasteiger charge is -2.24. The van der Waals surface area contributed by atoms with Gasteiger partial charge in [0.25, 0.3) is 0 Å². The van der Waals surface area contributed by atoms with Gasteiger partial charge in [-0.3, -0.25) is 0 Å². The molecule has 2 atom stereocenters. The second-order valence-electron chi connectivity index (χ2n) is 8.26. The van der Waals surface area contributed by atoms with E-state index >= 15 is 0 Å². The Morgan fingerprint density at radius 3 is 2.29 bits per heavy atom. The first kappa shape index (κ1) is 27.5. The van der Waals surface area contributed by atoms with Gasteiger partial charge >= 0.3 is 0 Å². The molecule has 0 spiro atoms. The fraction of sp³-hybridized carbons (Fsp3) is 0.483. The molecule has 2 aromatic rings. The second-order valence-corrected chi connectivity index (χ2v) is 8.26. The van der Waals surface area contributed by atoms with Crippen molar-refractivity contribution in [1.29, 1.82) is 0 Å². The Hall–Kier alpha value is -2.79. The van der Waals surface area contributed by atoms with Crippen LogP contribution in [-0.4, -0.2) is 31.6 Å². The van der Waals surface area contributed by atoms with Crippen molar-refractivity contribution in [3.8, 4) is 11.5 Å². The lowest BCUT2D eigenvalue weighted by molar-refractivity contribution is -0.0175. The first-order chi connectivity index (χ1) is 16.5. The zero-order valence-corrected chi connectivity index (χ0v) is 21.9. The van der Waals surface area contributed by atoms with E-state index in [0.717, 1.165) is 58.7 Å². The summed E-state index contributed by atoms with van der Waals surface area (Å²) in [6, 6.07) is 12.4. The quantitative estimate of drug-likeness (QED) is 0.211. The van der Waals surface area contributed by atoms with E-state index in [4.69, 9.17) is 19.0 Å². The lowest BCUT2D eigenvalue weighted by Crippen LogP contribution is -2.29. The standard InChI is InChI=1S/C27H35NO4.C2H6/c1-6-7-15-30-24-16-19(2)27(20(3)17-24)32-26-10-8-9-25(26)31-18-22-11-13-23(14-12-22)21(4)28-29-5;1-2/h6-7,11-14,16-17,25-26H,8-10,15,18H2,1-5H3;1-2H3/b7-6+,28-21-;. The molecule has 0 saturated heterocycles. The van der Waals surface area contributed by atoms with Gasteiger partial charge in [-0.25, -0.2) is 0 Å². The Bertz CT molecular complexity index is 911. The molecule has 0 aromatic heterocycles. The van der Waals surface area contributed by atoms with E-state index in [1.165, 1.54) is 0 Å². The van der Waals surface area contributed by atoms with Gasteiger partial charge in [0.15, 0.2) is 0 Å². The van der Waals surface area contributed by atoms with Crippen LogP contribution >= 0.6 is 0 Å². The van der Waals surface area contributed by atoms with E-state index in [0.29, 0.717) is 13.2 Å². The monoisotopic (exact) mass is 467 g/mol. The van der Waals surface area contributed by atoms with Crippen molar-refractivity contribution in [2.45, 2.75) is 79.6 Å². The predicted molar refractivity (Wildman–Crippen MR) is 140 cm³/mol. The zero-order chi connectivity index (χ0) is 24.9. The number of ether oxygens (including phenoxy) is 3. The first-order valence-electron chi connectivity index (χ1n) is 12.3. The molecule has 1 fully saturated rings. The Kier molecular flexibility index (Phi) is 11.7. The van der Waals surface area contributed by atoms with Crippen molar-refractivity contribution in [3.63, 3.8) is 0 Å². The van der Waals surface area contributed by atoms with Crippen LogP contribution in [0.4, 0.5) is 0 Å². The van der Waals surface area contributed by atoms with Gasteiger partial charge in [0.2, 0.25) is 0 Å². The third-order valence-electron chi connectivity index (χ3n) is 5.74. The zero-order valence-electron chi connectivity index (χ0n) is 21.9. The molecule has 34 heavy (non-hydrogen) atoms. The highest BCUT2D eigenvalue weighted by Crippen LogP contribution is 2.33. The summed E-state index contributed by atoms with van der Waals surface area (Å²) >= 11 is 0. The number of benzene rings is 2. The molecule has 0 aliphatic heterocycles. The van der Waals surface area contributed by atoms with Crippen molar-refractivity contribution in [2.24, 2.45) is 5.16 Å². The van der Waals surface area contributed by atoms with Gasteiger partial charge in [-0.05, 0) is 81.3 Å². The molecule has 0 N–H and O–H groups in total. The van der Waals surface area contributed by atoms with E-state index in [9.17, 15) is 0 Å². The van der Waals surface area contributed by atoms with Crippen LogP contribution in [0.3, 0.4) is 0 Å². The Balaban J connectivity index is 0.00000199. The van der Waals surface area contributed by atoms with Crippen molar-refractivity contribution < 1.29 is 19.0 Å². The average Bonchev–Trinajstić information content (AvgIpc) is 3.29. The molecule has 5 nitrogen and oxygen atoms in total. The molecule has 0 amide bonds. The predicted octanol–water partition coefficient (Wildman–Crippen LogP) is 7.17. The molecule has 0 bridgehead atoms. The van der Waals surface area contributed by atoms with Crippen LogP contribution in [0.2, 0.25) is 0 Å². The number of nitrogens with zero attached hydrogens (tertiary/aromatic N) is 1.